The Kier molecular flexibility index (Phi) is 7.39. The van der Waals surface area contributed by atoms with E-state index in [1.165, 1.54) is 19.3 Å². The van der Waals surface area contributed by atoms with Crippen LogP contribution in [0.5, 0.6) is 0 Å². The van der Waals surface area contributed by atoms with E-state index in [4.69, 9.17) is 9.47 Å². The van der Waals surface area contributed by atoms with Gasteiger partial charge in [-0.05, 0) is 40.0 Å². The minimum absolute atomic E-state index is 0. The predicted molar refractivity (Wildman–Crippen MR) is 101 cm³/mol. The molecule has 2 rings (SSSR count). The molecule has 2 fully saturated rings. The highest BCUT2D eigenvalue weighted by molar-refractivity contribution is 14.0. The number of hydrogen-bond donors (Lipinski definition) is 2. The first-order valence-electron chi connectivity index (χ1n) is 8.11. The molecule has 2 saturated carbocycles. The second-order valence-electron chi connectivity index (χ2n) is 6.85. The number of nitrogens with one attached hydrogen (secondary N) is 2. The topological polar surface area (TPSA) is 54.9 Å². The second-order valence-corrected chi connectivity index (χ2v) is 6.85. The number of methoxy groups -OCH3 is 1. The molecule has 2 unspecified atom stereocenters. The Morgan fingerprint density at radius 3 is 2.50 bits per heavy atom. The van der Waals surface area contributed by atoms with Crippen molar-refractivity contribution in [2.75, 3.05) is 27.3 Å². The Bertz CT molecular complexity index is 384. The summed E-state index contributed by atoms with van der Waals surface area (Å²) >= 11 is 0. The van der Waals surface area contributed by atoms with Crippen LogP contribution in [0.3, 0.4) is 0 Å². The molecule has 2 aliphatic rings. The molecule has 0 aromatic heterocycles. The summed E-state index contributed by atoms with van der Waals surface area (Å²) in [4.78, 5) is 4.34. The van der Waals surface area contributed by atoms with Gasteiger partial charge in [0.25, 0.3) is 0 Å². The van der Waals surface area contributed by atoms with Gasteiger partial charge in [0.1, 0.15) is 0 Å². The maximum Gasteiger partial charge on any atom is 0.191 e. The van der Waals surface area contributed by atoms with Crippen molar-refractivity contribution < 1.29 is 9.47 Å². The molecule has 2 aliphatic carbocycles. The lowest BCUT2D eigenvalue weighted by atomic mass is 9.51. The number of halogens is 1. The fourth-order valence-electron chi connectivity index (χ4n) is 3.37. The molecular formula is C16H32IN3O2. The van der Waals surface area contributed by atoms with Crippen molar-refractivity contribution in [1.29, 1.82) is 0 Å². The Hall–Kier alpha value is -0.0800. The average Bonchev–Trinajstić information content (AvgIpc) is 2.39. The van der Waals surface area contributed by atoms with E-state index in [0.717, 1.165) is 25.5 Å². The van der Waals surface area contributed by atoms with Crippen LogP contribution in [0, 0.1) is 5.41 Å². The molecule has 0 aromatic carbocycles. The van der Waals surface area contributed by atoms with Crippen LogP contribution < -0.4 is 10.6 Å². The number of rotatable bonds is 6. The molecule has 6 heteroatoms. The van der Waals surface area contributed by atoms with Crippen LogP contribution in [0.25, 0.3) is 0 Å². The Morgan fingerprint density at radius 2 is 2.05 bits per heavy atom. The van der Waals surface area contributed by atoms with Gasteiger partial charge in [-0.3, -0.25) is 4.99 Å². The molecule has 0 heterocycles. The van der Waals surface area contributed by atoms with Gasteiger partial charge in [-0.2, -0.15) is 0 Å². The molecule has 2 atom stereocenters. The lowest BCUT2D eigenvalue weighted by Gasteiger charge is -2.61. The van der Waals surface area contributed by atoms with Crippen molar-refractivity contribution in [3.05, 3.63) is 0 Å². The summed E-state index contributed by atoms with van der Waals surface area (Å²) in [6, 6.07) is 0.486. The predicted octanol–water partition coefficient (Wildman–Crippen LogP) is 2.54. The molecule has 0 amide bonds. The maximum absolute atomic E-state index is 5.89. The Labute approximate surface area is 152 Å². The molecular weight excluding hydrogens is 393 g/mol. The van der Waals surface area contributed by atoms with Gasteiger partial charge in [-0.25, -0.2) is 0 Å². The maximum atomic E-state index is 5.89. The SMILES string of the molecule is CCOC1CC(NC(=NC)NCC(C)(C)OC)C12CCC2.I. The molecule has 0 aromatic rings. The van der Waals surface area contributed by atoms with Crippen molar-refractivity contribution in [2.24, 2.45) is 10.4 Å². The van der Waals surface area contributed by atoms with Gasteiger partial charge >= 0.3 is 0 Å². The highest BCUT2D eigenvalue weighted by Gasteiger charge is 2.59. The third kappa shape index (κ3) is 4.06. The summed E-state index contributed by atoms with van der Waals surface area (Å²) in [5, 5.41) is 6.95. The van der Waals surface area contributed by atoms with Crippen LogP contribution in [0.2, 0.25) is 0 Å². The van der Waals surface area contributed by atoms with Gasteiger partial charge in [0.2, 0.25) is 0 Å². The number of aliphatic imine (C=N–C) groups is 1. The third-order valence-corrected chi connectivity index (χ3v) is 5.21. The van der Waals surface area contributed by atoms with Gasteiger partial charge in [0.15, 0.2) is 5.96 Å². The van der Waals surface area contributed by atoms with Crippen LogP contribution in [-0.2, 0) is 9.47 Å². The molecule has 0 saturated heterocycles. The van der Waals surface area contributed by atoms with E-state index in [-0.39, 0.29) is 29.6 Å². The molecule has 0 bridgehead atoms. The first-order chi connectivity index (χ1) is 9.97. The first-order valence-corrected chi connectivity index (χ1v) is 8.11. The van der Waals surface area contributed by atoms with Crippen molar-refractivity contribution in [3.63, 3.8) is 0 Å². The monoisotopic (exact) mass is 425 g/mol. The molecule has 2 N–H and O–H groups in total. The van der Waals surface area contributed by atoms with Gasteiger partial charge in [-0.1, -0.05) is 6.42 Å². The Balaban J connectivity index is 0.00000242. The van der Waals surface area contributed by atoms with E-state index < -0.39 is 0 Å². The summed E-state index contributed by atoms with van der Waals surface area (Å²) in [6.45, 7) is 7.76. The Morgan fingerprint density at radius 1 is 1.36 bits per heavy atom. The fourth-order valence-corrected chi connectivity index (χ4v) is 3.37. The average molecular weight is 425 g/mol. The minimum Gasteiger partial charge on any atom is -0.378 e. The van der Waals surface area contributed by atoms with E-state index >= 15 is 0 Å². The zero-order valence-corrected chi connectivity index (χ0v) is 16.9. The third-order valence-electron chi connectivity index (χ3n) is 5.21. The van der Waals surface area contributed by atoms with Crippen molar-refractivity contribution in [1.82, 2.24) is 10.6 Å². The smallest absolute Gasteiger partial charge is 0.191 e. The highest BCUT2D eigenvalue weighted by Crippen LogP contribution is 2.57. The zero-order valence-electron chi connectivity index (χ0n) is 14.6. The van der Waals surface area contributed by atoms with Crippen molar-refractivity contribution >= 4 is 29.9 Å². The lowest BCUT2D eigenvalue weighted by Crippen LogP contribution is -2.68. The molecule has 5 nitrogen and oxygen atoms in total. The largest absolute Gasteiger partial charge is 0.378 e. The standard InChI is InChI=1S/C16H31N3O2.HI/c1-6-21-13-10-12(16(13)8-7-9-16)19-14(17-4)18-11-15(2,3)20-5;/h12-13H,6-11H2,1-5H3,(H2,17,18,19);1H. The first kappa shape index (κ1) is 20.0. The quantitative estimate of drug-likeness (QED) is 0.390. The van der Waals surface area contributed by atoms with Crippen LogP contribution in [0.15, 0.2) is 4.99 Å². The minimum atomic E-state index is -0.195. The van der Waals surface area contributed by atoms with Crippen LogP contribution in [-0.4, -0.2) is 51.0 Å². The number of hydrogen-bond acceptors (Lipinski definition) is 3. The molecule has 1 spiro atoms. The summed E-state index contributed by atoms with van der Waals surface area (Å²) in [5.74, 6) is 0.867. The summed E-state index contributed by atoms with van der Waals surface area (Å²) in [6.07, 6.45) is 5.39. The van der Waals surface area contributed by atoms with Gasteiger partial charge < -0.3 is 20.1 Å². The van der Waals surface area contributed by atoms with E-state index in [9.17, 15) is 0 Å². The van der Waals surface area contributed by atoms with E-state index in [1.807, 2.05) is 7.05 Å². The van der Waals surface area contributed by atoms with E-state index in [0.29, 0.717) is 17.6 Å². The molecule has 0 aliphatic heterocycles. The van der Waals surface area contributed by atoms with E-state index in [2.05, 4.69) is 36.4 Å². The lowest BCUT2D eigenvalue weighted by molar-refractivity contribution is -0.168. The summed E-state index contributed by atoms with van der Waals surface area (Å²) in [5.41, 5.74) is 0.156. The number of nitrogens with zero attached hydrogens (tertiary/aromatic N) is 1. The van der Waals surface area contributed by atoms with Gasteiger partial charge in [0, 0.05) is 38.8 Å². The number of guanidine groups is 1. The van der Waals surface area contributed by atoms with E-state index in [1.54, 1.807) is 7.11 Å². The van der Waals surface area contributed by atoms with Crippen molar-refractivity contribution in [3.8, 4) is 0 Å². The molecule has 0 radical (unpaired) electrons. The molecule has 130 valence electrons. The highest BCUT2D eigenvalue weighted by atomic mass is 127. The van der Waals surface area contributed by atoms with Crippen LogP contribution in [0.4, 0.5) is 0 Å². The summed E-state index contributed by atoms with van der Waals surface area (Å²) in [7, 11) is 3.56. The molecule has 22 heavy (non-hydrogen) atoms. The second kappa shape index (κ2) is 8.15. The zero-order chi connectivity index (χ0) is 15.5. The normalized spacial score (nSPS) is 26.7. The van der Waals surface area contributed by atoms with Crippen LogP contribution >= 0.6 is 24.0 Å². The van der Waals surface area contributed by atoms with Gasteiger partial charge in [0.05, 0.1) is 11.7 Å². The van der Waals surface area contributed by atoms with Gasteiger partial charge in [-0.15, -0.1) is 24.0 Å². The summed E-state index contributed by atoms with van der Waals surface area (Å²) < 4.78 is 11.3. The number of ether oxygens (including phenoxy) is 2. The van der Waals surface area contributed by atoms with Crippen molar-refractivity contribution in [2.45, 2.75) is 64.2 Å². The van der Waals surface area contributed by atoms with Crippen LogP contribution in [0.1, 0.15) is 46.5 Å². The fraction of sp³-hybridized carbons (Fsp3) is 0.938.